The maximum atomic E-state index is 12.4. The van der Waals surface area contributed by atoms with E-state index in [1.54, 1.807) is 22.8 Å². The molecule has 0 radical (unpaired) electrons. The van der Waals surface area contributed by atoms with Gasteiger partial charge in [0.15, 0.2) is 5.69 Å². The van der Waals surface area contributed by atoms with E-state index in [4.69, 9.17) is 4.52 Å². The van der Waals surface area contributed by atoms with Gasteiger partial charge in [0.25, 0.3) is 5.91 Å². The van der Waals surface area contributed by atoms with Gasteiger partial charge in [-0.05, 0) is 38.5 Å². The zero-order chi connectivity index (χ0) is 17.5. The summed E-state index contributed by atoms with van der Waals surface area (Å²) in [5.41, 5.74) is -0.354. The lowest BCUT2D eigenvalue weighted by atomic mass is 9.67. The van der Waals surface area contributed by atoms with Crippen LogP contribution in [0.25, 0.3) is 0 Å². The van der Waals surface area contributed by atoms with Crippen molar-refractivity contribution in [1.29, 1.82) is 0 Å². The van der Waals surface area contributed by atoms with E-state index in [1.807, 2.05) is 13.8 Å². The molecule has 1 aromatic rings. The maximum Gasteiger partial charge on any atom is 0.276 e. The molecule has 2 saturated heterocycles. The van der Waals surface area contributed by atoms with Gasteiger partial charge in [-0.1, -0.05) is 5.16 Å². The molecular formula is C17H25N3O4. The van der Waals surface area contributed by atoms with Crippen LogP contribution in [0.5, 0.6) is 0 Å². The Labute approximate surface area is 141 Å². The second-order valence-corrected chi connectivity index (χ2v) is 7.66. The molecule has 0 bridgehead atoms. The number of hydrogen-bond acceptors (Lipinski definition) is 5. The average Bonchev–Trinajstić information content (AvgIpc) is 3.05. The minimum absolute atomic E-state index is 0.0146. The standard InChI is InChI=1S/C17H25N3O4/c1-12(21)20-11-17(10-14(22)16(20,2)3)5-7-19(8-6-17)15(23)13-4-9-24-18-13/h4,9,14,22H,5-8,10-11H2,1-3H3/t14-/m1/s1. The molecule has 132 valence electrons. The third kappa shape index (κ3) is 2.81. The normalized spacial score (nSPS) is 25.8. The van der Waals surface area contributed by atoms with Crippen LogP contribution in [-0.4, -0.2) is 63.2 Å². The van der Waals surface area contributed by atoms with Gasteiger partial charge >= 0.3 is 0 Å². The summed E-state index contributed by atoms with van der Waals surface area (Å²) in [5.74, 6) is -0.141. The van der Waals surface area contributed by atoms with Crippen molar-refractivity contribution in [2.75, 3.05) is 19.6 Å². The monoisotopic (exact) mass is 335 g/mol. The third-order valence-electron chi connectivity index (χ3n) is 5.78. The van der Waals surface area contributed by atoms with Crippen molar-refractivity contribution >= 4 is 11.8 Å². The number of rotatable bonds is 1. The summed E-state index contributed by atoms with van der Waals surface area (Å²) in [6.07, 6.45) is 3.03. The van der Waals surface area contributed by atoms with Crippen molar-refractivity contribution < 1.29 is 19.2 Å². The summed E-state index contributed by atoms with van der Waals surface area (Å²) < 4.78 is 4.74. The first-order valence-corrected chi connectivity index (χ1v) is 8.41. The van der Waals surface area contributed by atoms with Crippen LogP contribution < -0.4 is 0 Å². The topological polar surface area (TPSA) is 86.9 Å². The molecule has 0 unspecified atom stereocenters. The number of aliphatic hydroxyl groups is 1. The highest BCUT2D eigenvalue weighted by molar-refractivity contribution is 5.92. The minimum atomic E-state index is -0.562. The molecule has 7 nitrogen and oxygen atoms in total. The Hall–Kier alpha value is -1.89. The largest absolute Gasteiger partial charge is 0.391 e. The van der Waals surface area contributed by atoms with E-state index in [-0.39, 0.29) is 17.2 Å². The SMILES string of the molecule is CC(=O)N1CC2(CCN(C(=O)c3ccon3)CC2)C[C@@H](O)C1(C)C. The van der Waals surface area contributed by atoms with E-state index in [9.17, 15) is 14.7 Å². The van der Waals surface area contributed by atoms with Gasteiger partial charge in [0.1, 0.15) is 6.26 Å². The fourth-order valence-electron chi connectivity index (χ4n) is 3.99. The molecule has 1 aromatic heterocycles. The number of carbonyl (C=O) groups is 2. The van der Waals surface area contributed by atoms with Crippen molar-refractivity contribution in [3.8, 4) is 0 Å². The summed E-state index contributed by atoms with van der Waals surface area (Å²) in [6.45, 7) is 7.22. The van der Waals surface area contributed by atoms with Crippen LogP contribution in [0, 0.1) is 5.41 Å². The van der Waals surface area contributed by atoms with E-state index in [2.05, 4.69) is 5.16 Å². The van der Waals surface area contributed by atoms with Crippen LogP contribution in [-0.2, 0) is 4.79 Å². The molecule has 2 aliphatic rings. The van der Waals surface area contributed by atoms with Gasteiger partial charge in [0, 0.05) is 32.6 Å². The first-order chi connectivity index (χ1) is 11.3. The Kier molecular flexibility index (Phi) is 4.15. The van der Waals surface area contributed by atoms with Gasteiger partial charge in [-0.25, -0.2) is 0 Å². The molecule has 1 atom stereocenters. The van der Waals surface area contributed by atoms with Gasteiger partial charge in [-0.2, -0.15) is 0 Å². The van der Waals surface area contributed by atoms with Crippen molar-refractivity contribution in [3.05, 3.63) is 18.0 Å². The Morgan fingerprint density at radius 2 is 2.00 bits per heavy atom. The van der Waals surface area contributed by atoms with Crippen LogP contribution in [0.1, 0.15) is 50.5 Å². The Morgan fingerprint density at radius 1 is 1.33 bits per heavy atom. The number of aliphatic hydroxyl groups excluding tert-OH is 1. The van der Waals surface area contributed by atoms with Crippen molar-refractivity contribution in [2.45, 2.75) is 51.7 Å². The number of nitrogens with zero attached hydrogens (tertiary/aromatic N) is 3. The van der Waals surface area contributed by atoms with Gasteiger partial charge in [-0.3, -0.25) is 9.59 Å². The molecular weight excluding hydrogens is 310 g/mol. The van der Waals surface area contributed by atoms with E-state index in [0.29, 0.717) is 31.7 Å². The molecule has 0 saturated carbocycles. The van der Waals surface area contributed by atoms with Crippen LogP contribution >= 0.6 is 0 Å². The van der Waals surface area contributed by atoms with Crippen LogP contribution in [0.3, 0.4) is 0 Å². The highest BCUT2D eigenvalue weighted by Crippen LogP contribution is 2.45. The summed E-state index contributed by atoms with van der Waals surface area (Å²) >= 11 is 0. The molecule has 2 amide bonds. The van der Waals surface area contributed by atoms with E-state index in [1.165, 1.54) is 6.26 Å². The maximum absolute atomic E-state index is 12.4. The third-order valence-corrected chi connectivity index (χ3v) is 5.78. The quantitative estimate of drug-likeness (QED) is 0.835. The van der Waals surface area contributed by atoms with Gasteiger partial charge in [-0.15, -0.1) is 0 Å². The molecule has 2 aliphatic heterocycles. The van der Waals surface area contributed by atoms with Crippen LogP contribution in [0.2, 0.25) is 0 Å². The van der Waals surface area contributed by atoms with Gasteiger partial charge < -0.3 is 19.4 Å². The van der Waals surface area contributed by atoms with Crippen molar-refractivity contribution in [1.82, 2.24) is 15.0 Å². The lowest BCUT2D eigenvalue weighted by Crippen LogP contribution is -2.64. The predicted molar refractivity (Wildman–Crippen MR) is 86.2 cm³/mol. The van der Waals surface area contributed by atoms with Gasteiger partial charge in [0.05, 0.1) is 11.6 Å². The van der Waals surface area contributed by atoms with E-state index < -0.39 is 11.6 Å². The molecule has 0 aromatic carbocycles. The highest BCUT2D eigenvalue weighted by atomic mass is 16.5. The lowest BCUT2D eigenvalue weighted by molar-refractivity contribution is -0.156. The van der Waals surface area contributed by atoms with E-state index in [0.717, 1.165) is 12.8 Å². The Balaban J connectivity index is 1.71. The molecule has 1 spiro atoms. The Morgan fingerprint density at radius 3 is 2.54 bits per heavy atom. The number of hydrogen-bond donors (Lipinski definition) is 1. The molecule has 3 rings (SSSR count). The first-order valence-electron chi connectivity index (χ1n) is 8.41. The number of piperidine rings is 2. The summed E-state index contributed by atoms with van der Waals surface area (Å²) in [7, 11) is 0. The Bertz CT molecular complexity index is 618. The zero-order valence-corrected chi connectivity index (χ0v) is 14.5. The average molecular weight is 335 g/mol. The fraction of sp³-hybridized carbons (Fsp3) is 0.706. The minimum Gasteiger partial charge on any atom is -0.391 e. The van der Waals surface area contributed by atoms with Crippen molar-refractivity contribution in [3.63, 3.8) is 0 Å². The fourth-order valence-corrected chi connectivity index (χ4v) is 3.99. The number of aromatic nitrogens is 1. The summed E-state index contributed by atoms with van der Waals surface area (Å²) in [4.78, 5) is 28.0. The number of likely N-dealkylation sites (tertiary alicyclic amines) is 2. The highest BCUT2D eigenvalue weighted by Gasteiger charge is 2.50. The molecule has 0 aliphatic carbocycles. The smallest absolute Gasteiger partial charge is 0.276 e. The van der Waals surface area contributed by atoms with Crippen LogP contribution in [0.15, 0.2) is 16.9 Å². The van der Waals surface area contributed by atoms with Crippen molar-refractivity contribution in [2.24, 2.45) is 5.41 Å². The summed E-state index contributed by atoms with van der Waals surface area (Å²) in [6, 6.07) is 1.57. The second-order valence-electron chi connectivity index (χ2n) is 7.66. The number of carbonyl (C=O) groups excluding carboxylic acids is 2. The lowest BCUT2D eigenvalue weighted by Gasteiger charge is -2.55. The zero-order valence-electron chi connectivity index (χ0n) is 14.5. The molecule has 7 heteroatoms. The molecule has 3 heterocycles. The predicted octanol–water partition coefficient (Wildman–Crippen LogP) is 1.29. The summed E-state index contributed by atoms with van der Waals surface area (Å²) in [5, 5.41) is 14.3. The first kappa shape index (κ1) is 17.0. The van der Waals surface area contributed by atoms with E-state index >= 15 is 0 Å². The van der Waals surface area contributed by atoms with Crippen LogP contribution in [0.4, 0.5) is 0 Å². The molecule has 24 heavy (non-hydrogen) atoms. The second kappa shape index (κ2) is 5.88. The van der Waals surface area contributed by atoms with Gasteiger partial charge in [0.2, 0.25) is 5.91 Å². The molecule has 1 N–H and O–H groups in total. The number of amides is 2. The molecule has 2 fully saturated rings.